The Kier molecular flexibility index (Phi) is 11.2. The summed E-state index contributed by atoms with van der Waals surface area (Å²) < 4.78 is 7.61. The predicted molar refractivity (Wildman–Crippen MR) is 290 cm³/mol. The molecule has 4 aromatic carbocycles. The summed E-state index contributed by atoms with van der Waals surface area (Å²) in [5.41, 5.74) is 21.2. The number of hydrogen-bond acceptors (Lipinski definition) is 10. The lowest BCUT2D eigenvalue weighted by Gasteiger charge is -2.34. The smallest absolute Gasteiger partial charge is 0.284 e. The van der Waals surface area contributed by atoms with E-state index >= 15 is 0 Å². The number of para-hydroxylation sites is 2. The molecule has 2 atom stereocenters. The van der Waals surface area contributed by atoms with Gasteiger partial charge in [0, 0.05) is 110 Å². The number of fused-ring (bicyclic) bond motifs is 2. The Morgan fingerprint density at radius 1 is 0.590 bits per heavy atom. The molecule has 18 nitrogen and oxygen atoms in total. The molecule has 6 heterocycles. The van der Waals surface area contributed by atoms with Gasteiger partial charge in [0.2, 0.25) is 11.2 Å². The van der Waals surface area contributed by atoms with Crippen LogP contribution < -0.4 is 11.5 Å². The number of likely N-dealkylation sites (N-methyl/N-ethyl adjacent to an activating group) is 2. The second-order valence-corrected chi connectivity index (χ2v) is 21.9. The van der Waals surface area contributed by atoms with Gasteiger partial charge in [-0.25, -0.2) is 9.97 Å². The summed E-state index contributed by atoms with van der Waals surface area (Å²) in [6, 6.07) is 28.0. The van der Waals surface area contributed by atoms with Gasteiger partial charge in [0.25, 0.3) is 23.6 Å². The zero-order valence-corrected chi connectivity index (χ0v) is 43.6. The maximum atomic E-state index is 12.7. The lowest BCUT2D eigenvalue weighted by atomic mass is 9.71. The van der Waals surface area contributed by atoms with Crippen LogP contribution in [-0.2, 0) is 36.8 Å². The predicted octanol–water partition coefficient (Wildman–Crippen LogP) is 5.01. The fourth-order valence-corrected chi connectivity index (χ4v) is 12.8. The van der Waals surface area contributed by atoms with Crippen LogP contribution in [-0.4, -0.2) is 121 Å². The average Bonchev–Trinajstić information content (AvgIpc) is 4.23. The van der Waals surface area contributed by atoms with Gasteiger partial charge in [0.05, 0.1) is 46.9 Å². The van der Waals surface area contributed by atoms with E-state index in [1.807, 2.05) is 105 Å². The molecule has 392 valence electrons. The third kappa shape index (κ3) is 7.72. The third-order valence-corrected chi connectivity index (χ3v) is 17.1. The molecule has 2 saturated heterocycles. The molecule has 78 heavy (non-hydrogen) atoms. The van der Waals surface area contributed by atoms with Crippen LogP contribution in [0.2, 0.25) is 0 Å². The number of likely N-dealkylation sites (tertiary alicyclic amines) is 2. The first-order valence-corrected chi connectivity index (χ1v) is 26.4. The van der Waals surface area contributed by atoms with Crippen LogP contribution in [0.1, 0.15) is 128 Å². The number of aliphatic hydroxyl groups is 2. The molecule has 18 heteroatoms. The van der Waals surface area contributed by atoms with Crippen molar-refractivity contribution >= 4 is 45.4 Å². The minimum absolute atomic E-state index is 0.219. The number of aromatic nitrogens is 8. The van der Waals surface area contributed by atoms with E-state index in [4.69, 9.17) is 31.6 Å². The summed E-state index contributed by atoms with van der Waals surface area (Å²) >= 11 is 0. The number of amides is 4. The topological polar surface area (TPSA) is 239 Å². The number of nitrogens with zero attached hydrogens (tertiary/aromatic N) is 10. The number of carbonyl (C=O) groups excluding carboxylic acids is 4. The maximum absolute atomic E-state index is 12.7. The van der Waals surface area contributed by atoms with E-state index in [9.17, 15) is 29.4 Å². The Hall–Kier alpha value is -8.84. The van der Waals surface area contributed by atoms with Crippen molar-refractivity contribution in [2.75, 3.05) is 27.2 Å². The first kappa shape index (κ1) is 48.8. The minimum Gasteiger partial charge on any atom is -0.369 e. The Morgan fingerprint density at radius 2 is 0.987 bits per heavy atom. The summed E-state index contributed by atoms with van der Waals surface area (Å²) in [5, 5.41) is 33.1. The highest BCUT2D eigenvalue weighted by molar-refractivity contribution is 5.94. The van der Waals surface area contributed by atoms with Crippen molar-refractivity contribution in [2.24, 2.45) is 25.6 Å². The molecule has 6 N–H and O–H groups in total. The van der Waals surface area contributed by atoms with Crippen LogP contribution in [0.5, 0.6) is 0 Å². The molecule has 4 bridgehead atoms. The fraction of sp³-hybridized carbons (Fsp3) is 0.333. The van der Waals surface area contributed by atoms with Crippen molar-refractivity contribution < 1.29 is 29.4 Å². The molecule has 2 saturated carbocycles. The normalized spacial score (nSPS) is 23.1. The maximum Gasteiger partial charge on any atom is 0.284 e. The molecular weight excluding hydrogens is 985 g/mol. The third-order valence-electron chi connectivity index (χ3n) is 17.1. The number of nitrogens with two attached hydrogens (primary N) is 2. The molecule has 8 aliphatic rings. The summed E-state index contributed by atoms with van der Waals surface area (Å²) in [5.74, 6) is 11.5. The zero-order valence-electron chi connectivity index (χ0n) is 43.6. The van der Waals surface area contributed by atoms with Gasteiger partial charge in [0.1, 0.15) is 0 Å². The van der Waals surface area contributed by atoms with Crippen LogP contribution in [0.3, 0.4) is 0 Å². The molecule has 4 aromatic heterocycles. The van der Waals surface area contributed by atoms with Crippen LogP contribution >= 0.6 is 0 Å². The van der Waals surface area contributed by atoms with Crippen LogP contribution in [0.25, 0.3) is 44.3 Å². The van der Waals surface area contributed by atoms with Crippen molar-refractivity contribution in [1.29, 1.82) is 0 Å². The van der Waals surface area contributed by atoms with Gasteiger partial charge in [-0.15, -0.1) is 0 Å². The van der Waals surface area contributed by atoms with Gasteiger partial charge in [-0.2, -0.15) is 10.2 Å². The summed E-state index contributed by atoms with van der Waals surface area (Å²) in [6.07, 6.45) is 4.44. The number of hydrogen-bond donors (Lipinski definition) is 4. The van der Waals surface area contributed by atoms with E-state index in [1.165, 1.54) is 20.9 Å². The minimum atomic E-state index is -1.67. The van der Waals surface area contributed by atoms with Gasteiger partial charge in [-0.1, -0.05) is 72.2 Å². The van der Waals surface area contributed by atoms with E-state index in [0.29, 0.717) is 49.1 Å². The molecule has 8 aromatic rings. The summed E-state index contributed by atoms with van der Waals surface area (Å²) in [6.45, 7) is 1.72. The van der Waals surface area contributed by atoms with Crippen molar-refractivity contribution in [3.8, 4) is 46.2 Å². The molecule has 4 amide bonds. The Labute approximate surface area is 448 Å². The lowest BCUT2D eigenvalue weighted by molar-refractivity contribution is -0.138. The molecule has 0 radical (unpaired) electrons. The molecule has 0 spiro atoms. The van der Waals surface area contributed by atoms with Gasteiger partial charge in [0.15, 0.2) is 11.6 Å². The van der Waals surface area contributed by atoms with E-state index in [2.05, 4.69) is 35.8 Å². The highest BCUT2D eigenvalue weighted by Crippen LogP contribution is 2.57. The zero-order chi connectivity index (χ0) is 54.1. The highest BCUT2D eigenvalue weighted by atomic mass is 16.3. The molecular formula is C60H56N12O6. The largest absolute Gasteiger partial charge is 0.369 e. The molecule has 16 rings (SSSR count). The quantitative estimate of drug-likeness (QED) is 0.163. The van der Waals surface area contributed by atoms with Crippen molar-refractivity contribution in [1.82, 2.24) is 48.5 Å². The van der Waals surface area contributed by atoms with E-state index in [-0.39, 0.29) is 48.1 Å². The molecule has 0 unspecified atom stereocenters. The monoisotopic (exact) mass is 1040 g/mol. The van der Waals surface area contributed by atoms with Gasteiger partial charge in [-0.05, 0) is 85.0 Å². The number of primary amides is 2. The van der Waals surface area contributed by atoms with Gasteiger partial charge >= 0.3 is 0 Å². The van der Waals surface area contributed by atoms with Crippen molar-refractivity contribution in [3.63, 3.8) is 0 Å². The van der Waals surface area contributed by atoms with Gasteiger partial charge in [-0.3, -0.25) is 28.5 Å². The SMILES string of the molecule is CN1CC[C@@](O)(C#Cc2ccc3c(c2)-c2nc(C(N)=O)n(Cc4nn(C)c5ccccc45)c2C2CC3C2)C1=O.CN1CC[C@](O)(C#Cc2ccc3c(c2)-c2nc(C(N)=O)n(Cc4nn(C)c5ccccc45)c2C2CC3C2)C1=O. The highest BCUT2D eigenvalue weighted by Gasteiger charge is 2.46. The van der Waals surface area contributed by atoms with Crippen molar-refractivity contribution in [2.45, 2.75) is 86.5 Å². The Morgan fingerprint density at radius 3 is 1.36 bits per heavy atom. The number of benzene rings is 4. The standard InChI is InChI=1S/2C30H28N6O3/c2*1-34-12-11-30(39,29(34)38)10-9-17-7-8-20-18-14-19(15-18)26-25(22(20)13-17)32-28(27(31)37)36(26)16-23-21-5-3-4-6-24(21)35(2)33-23/h2*3-8,13,18-19,39H,11-12,14-16H2,1-2H3,(H2,31,37)/t2*18?,19?,30-/m10/s1. The number of carbonyl (C=O) groups is 4. The van der Waals surface area contributed by atoms with Crippen LogP contribution in [0.15, 0.2) is 84.9 Å². The number of rotatable bonds is 6. The summed E-state index contributed by atoms with van der Waals surface area (Å²) in [7, 11) is 7.16. The molecule has 6 aliphatic carbocycles. The first-order valence-electron chi connectivity index (χ1n) is 26.4. The van der Waals surface area contributed by atoms with E-state index in [0.717, 1.165) is 92.8 Å². The summed E-state index contributed by atoms with van der Waals surface area (Å²) in [4.78, 5) is 62.7. The van der Waals surface area contributed by atoms with Gasteiger partial charge < -0.3 is 40.6 Å². The number of imidazole rings is 2. The van der Waals surface area contributed by atoms with E-state index in [1.54, 1.807) is 14.1 Å². The van der Waals surface area contributed by atoms with Crippen LogP contribution in [0.4, 0.5) is 0 Å². The first-order chi connectivity index (χ1) is 37.5. The van der Waals surface area contributed by atoms with Crippen molar-refractivity contribution in [3.05, 3.63) is 142 Å². The van der Waals surface area contributed by atoms with E-state index < -0.39 is 23.0 Å². The average molecular weight is 1040 g/mol. The second-order valence-electron chi connectivity index (χ2n) is 21.9. The fourth-order valence-electron chi connectivity index (χ4n) is 12.8. The van der Waals surface area contributed by atoms with Crippen LogP contribution in [0, 0.1) is 23.7 Å². The number of aryl methyl sites for hydroxylation is 2. The molecule has 2 aliphatic heterocycles. The molecule has 4 fully saturated rings. The Balaban J connectivity index is 0.000000148. The lowest BCUT2D eigenvalue weighted by Crippen LogP contribution is -2.37. The Bertz CT molecular complexity index is 3790. The second kappa shape index (κ2) is 17.9.